The van der Waals surface area contributed by atoms with Crippen molar-refractivity contribution in [3.05, 3.63) is 46.6 Å². The average Bonchev–Trinajstić information content (AvgIpc) is 2.37. The monoisotopic (exact) mass is 288 g/mol. The molecule has 118 valence electrons. The third-order valence-corrected chi connectivity index (χ3v) is 4.19. The highest BCUT2D eigenvalue weighted by atomic mass is 16.3. The molecule has 0 aromatic carbocycles. The molecular weight excluding hydrogens is 256 g/mol. The first-order valence-electron chi connectivity index (χ1n) is 8.26. The van der Waals surface area contributed by atoms with Crippen molar-refractivity contribution in [3.8, 4) is 0 Å². The van der Waals surface area contributed by atoms with E-state index in [2.05, 4.69) is 58.9 Å². The van der Waals surface area contributed by atoms with Crippen LogP contribution in [0.5, 0.6) is 0 Å². The van der Waals surface area contributed by atoms with Gasteiger partial charge in [0, 0.05) is 0 Å². The third kappa shape index (κ3) is 6.95. The van der Waals surface area contributed by atoms with Gasteiger partial charge in [-0.05, 0) is 64.4 Å². The molecule has 0 aliphatic heterocycles. The van der Waals surface area contributed by atoms with Gasteiger partial charge in [-0.1, -0.05) is 54.9 Å². The quantitative estimate of drug-likeness (QED) is 0.611. The van der Waals surface area contributed by atoms with Crippen molar-refractivity contribution in [2.24, 2.45) is 5.92 Å². The zero-order chi connectivity index (χ0) is 15.8. The molecule has 1 heteroatoms. The summed E-state index contributed by atoms with van der Waals surface area (Å²) in [4.78, 5) is 0. The van der Waals surface area contributed by atoms with Crippen LogP contribution in [0.3, 0.4) is 0 Å². The molecule has 1 N–H and O–H groups in total. The first-order valence-corrected chi connectivity index (χ1v) is 8.26. The Kier molecular flexibility index (Phi) is 7.74. The molecule has 0 bridgehead atoms. The molecule has 0 radical (unpaired) electrons. The fourth-order valence-electron chi connectivity index (χ4n) is 2.71. The summed E-state index contributed by atoms with van der Waals surface area (Å²) < 4.78 is 0. The number of hydrogen-bond acceptors (Lipinski definition) is 1. The first kappa shape index (κ1) is 18.0. The van der Waals surface area contributed by atoms with E-state index in [0.717, 1.165) is 37.7 Å². The Labute approximate surface area is 131 Å². The maximum Gasteiger partial charge on any atom is 0.0792 e. The highest BCUT2D eigenvalue weighted by Crippen LogP contribution is 2.22. The Morgan fingerprint density at radius 3 is 2.10 bits per heavy atom. The Balaban J connectivity index is 3.00. The van der Waals surface area contributed by atoms with Crippen LogP contribution < -0.4 is 0 Å². The minimum atomic E-state index is -0.357. The second-order valence-corrected chi connectivity index (χ2v) is 6.73. The number of aliphatic hydroxyl groups is 1. The highest BCUT2D eigenvalue weighted by Gasteiger charge is 2.14. The minimum Gasteiger partial charge on any atom is -0.388 e. The third-order valence-electron chi connectivity index (χ3n) is 4.19. The van der Waals surface area contributed by atoms with Crippen molar-refractivity contribution in [2.75, 3.05) is 0 Å². The van der Waals surface area contributed by atoms with Crippen LogP contribution in [-0.2, 0) is 0 Å². The van der Waals surface area contributed by atoms with E-state index in [1.807, 2.05) is 0 Å². The largest absolute Gasteiger partial charge is 0.388 e. The number of rotatable bonds is 1. The molecule has 0 aromatic rings. The van der Waals surface area contributed by atoms with Crippen molar-refractivity contribution in [3.63, 3.8) is 0 Å². The van der Waals surface area contributed by atoms with Gasteiger partial charge in [-0.25, -0.2) is 0 Å². The van der Waals surface area contributed by atoms with E-state index in [1.54, 1.807) is 0 Å². The summed E-state index contributed by atoms with van der Waals surface area (Å²) in [7, 11) is 0. The molecule has 0 fully saturated rings. The maximum absolute atomic E-state index is 10.5. The van der Waals surface area contributed by atoms with Crippen molar-refractivity contribution >= 4 is 0 Å². The van der Waals surface area contributed by atoms with E-state index in [-0.39, 0.29) is 6.10 Å². The summed E-state index contributed by atoms with van der Waals surface area (Å²) in [6.45, 7) is 10.9. The zero-order valence-electron chi connectivity index (χ0n) is 14.4. The summed E-state index contributed by atoms with van der Waals surface area (Å²) in [6, 6.07) is 0. The zero-order valence-corrected chi connectivity index (χ0v) is 14.4. The Bertz CT molecular complexity index is 446. The van der Waals surface area contributed by atoms with Gasteiger partial charge in [0.15, 0.2) is 0 Å². The van der Waals surface area contributed by atoms with E-state index in [9.17, 15) is 5.11 Å². The standard InChI is InChI=1S/C20H32O/c1-15(2)19-13-12-17(4)10-6-8-16(3)9-7-11-18(5)14-20(19)21/h8,11-13,15,20-21H,6-7,9-10,14H2,1-5H3/b16-8+,17-12+,18-11+,19-13?/t20-/m0/s1. The van der Waals surface area contributed by atoms with Gasteiger partial charge in [0.05, 0.1) is 6.10 Å². The second kappa shape index (κ2) is 9.04. The van der Waals surface area contributed by atoms with Gasteiger partial charge in [-0.15, -0.1) is 0 Å². The molecule has 0 amide bonds. The molecule has 0 spiro atoms. The fourth-order valence-corrected chi connectivity index (χ4v) is 2.71. The molecule has 0 aromatic heterocycles. The van der Waals surface area contributed by atoms with Gasteiger partial charge >= 0.3 is 0 Å². The maximum atomic E-state index is 10.5. The van der Waals surface area contributed by atoms with Crippen molar-refractivity contribution in [1.29, 1.82) is 0 Å². The normalized spacial score (nSPS) is 30.3. The minimum absolute atomic E-state index is 0.357. The fraction of sp³-hybridized carbons (Fsp3) is 0.600. The van der Waals surface area contributed by atoms with Crippen molar-refractivity contribution in [1.82, 2.24) is 0 Å². The Hall–Kier alpha value is -1.08. The second-order valence-electron chi connectivity index (χ2n) is 6.73. The van der Waals surface area contributed by atoms with E-state index in [0.29, 0.717) is 5.92 Å². The first-order chi connectivity index (χ1) is 9.90. The van der Waals surface area contributed by atoms with Crippen LogP contribution in [0.15, 0.2) is 46.6 Å². The Morgan fingerprint density at radius 2 is 1.48 bits per heavy atom. The van der Waals surface area contributed by atoms with E-state index in [1.165, 1.54) is 16.7 Å². The van der Waals surface area contributed by atoms with E-state index in [4.69, 9.17) is 0 Å². The molecule has 1 nitrogen and oxygen atoms in total. The number of aliphatic hydroxyl groups excluding tert-OH is 1. The predicted molar refractivity (Wildman–Crippen MR) is 93.3 cm³/mol. The summed E-state index contributed by atoms with van der Waals surface area (Å²) in [5.74, 6) is 0.381. The SMILES string of the molecule is C/C1=C\C=C(C(C)C)[C@@H](O)C/C(C)=C/CC/C(C)=C/CC1. The lowest BCUT2D eigenvalue weighted by atomic mass is 9.92. The Morgan fingerprint density at radius 1 is 0.905 bits per heavy atom. The molecule has 21 heavy (non-hydrogen) atoms. The number of hydrogen-bond donors (Lipinski definition) is 1. The molecule has 0 saturated carbocycles. The van der Waals surface area contributed by atoms with Crippen LogP contribution in [-0.4, -0.2) is 11.2 Å². The van der Waals surface area contributed by atoms with Crippen LogP contribution in [0.1, 0.15) is 66.7 Å². The summed E-state index contributed by atoms with van der Waals surface area (Å²) in [6.07, 6.45) is 13.8. The summed E-state index contributed by atoms with van der Waals surface area (Å²) >= 11 is 0. The summed E-state index contributed by atoms with van der Waals surface area (Å²) in [5, 5.41) is 10.5. The molecule has 1 aliphatic rings. The lowest BCUT2D eigenvalue weighted by molar-refractivity contribution is 0.200. The highest BCUT2D eigenvalue weighted by molar-refractivity contribution is 5.23. The topological polar surface area (TPSA) is 20.2 Å². The average molecular weight is 288 g/mol. The van der Waals surface area contributed by atoms with Crippen LogP contribution in [0.4, 0.5) is 0 Å². The molecule has 1 rings (SSSR count). The van der Waals surface area contributed by atoms with Gasteiger partial charge in [-0.3, -0.25) is 0 Å². The van der Waals surface area contributed by atoms with Gasteiger partial charge in [0.2, 0.25) is 0 Å². The van der Waals surface area contributed by atoms with Crippen LogP contribution >= 0.6 is 0 Å². The predicted octanol–water partition coefficient (Wildman–Crippen LogP) is 5.73. The molecular formula is C20H32O. The molecule has 1 atom stereocenters. The molecule has 0 unspecified atom stereocenters. The molecule has 1 aliphatic carbocycles. The van der Waals surface area contributed by atoms with Crippen molar-refractivity contribution in [2.45, 2.75) is 72.8 Å². The van der Waals surface area contributed by atoms with Gasteiger partial charge in [0.25, 0.3) is 0 Å². The summed E-state index contributed by atoms with van der Waals surface area (Å²) in [5.41, 5.74) is 5.29. The van der Waals surface area contributed by atoms with Gasteiger partial charge in [0.1, 0.15) is 0 Å². The molecule has 0 saturated heterocycles. The van der Waals surface area contributed by atoms with E-state index >= 15 is 0 Å². The van der Waals surface area contributed by atoms with Gasteiger partial charge < -0.3 is 5.11 Å². The van der Waals surface area contributed by atoms with Crippen molar-refractivity contribution < 1.29 is 5.11 Å². The van der Waals surface area contributed by atoms with Gasteiger partial charge in [-0.2, -0.15) is 0 Å². The van der Waals surface area contributed by atoms with Crippen LogP contribution in [0.25, 0.3) is 0 Å². The van der Waals surface area contributed by atoms with E-state index < -0.39 is 0 Å². The van der Waals surface area contributed by atoms with Crippen LogP contribution in [0, 0.1) is 5.92 Å². The molecule has 0 heterocycles. The number of allylic oxidation sites excluding steroid dienone is 6. The van der Waals surface area contributed by atoms with Crippen LogP contribution in [0.2, 0.25) is 0 Å². The smallest absolute Gasteiger partial charge is 0.0792 e. The lowest BCUT2D eigenvalue weighted by Gasteiger charge is -2.19. The lowest BCUT2D eigenvalue weighted by Crippen LogP contribution is -2.15.